The summed E-state index contributed by atoms with van der Waals surface area (Å²) in [7, 11) is 0. The van der Waals surface area contributed by atoms with Crippen LogP contribution in [0.15, 0.2) is 12.3 Å². The maximum atomic E-state index is 11.5. The molecule has 1 aliphatic heterocycles. The zero-order valence-corrected chi connectivity index (χ0v) is 10.6. The number of rotatable bonds is 5. The van der Waals surface area contributed by atoms with Gasteiger partial charge in [-0.2, -0.15) is 5.10 Å². The van der Waals surface area contributed by atoms with E-state index in [9.17, 15) is 4.79 Å². The van der Waals surface area contributed by atoms with E-state index >= 15 is 0 Å². The molecule has 2 heterocycles. The van der Waals surface area contributed by atoms with Crippen molar-refractivity contribution >= 4 is 5.91 Å². The lowest BCUT2D eigenvalue weighted by Gasteiger charge is -2.12. The van der Waals surface area contributed by atoms with E-state index in [1.54, 1.807) is 0 Å². The fourth-order valence-electron chi connectivity index (χ4n) is 2.44. The fourth-order valence-corrected chi connectivity index (χ4v) is 2.44. The highest BCUT2D eigenvalue weighted by Crippen LogP contribution is 2.18. The molecule has 1 atom stereocenters. The summed E-state index contributed by atoms with van der Waals surface area (Å²) in [5.41, 5.74) is 1.04. The van der Waals surface area contributed by atoms with Gasteiger partial charge in [0.2, 0.25) is 5.91 Å². The Morgan fingerprint density at radius 1 is 1.53 bits per heavy atom. The first-order valence-corrected chi connectivity index (χ1v) is 6.56. The highest BCUT2D eigenvalue weighted by molar-refractivity contribution is 5.80. The van der Waals surface area contributed by atoms with Crippen molar-refractivity contribution in [2.75, 3.05) is 6.54 Å². The molecule has 4 nitrogen and oxygen atoms in total. The fraction of sp³-hybridized carbons (Fsp3) is 0.692. The molecule has 1 aromatic rings. The molecule has 1 unspecified atom stereocenters. The van der Waals surface area contributed by atoms with Gasteiger partial charge in [0.15, 0.2) is 0 Å². The van der Waals surface area contributed by atoms with Crippen LogP contribution in [-0.4, -0.2) is 22.2 Å². The third-order valence-corrected chi connectivity index (χ3v) is 3.60. The van der Waals surface area contributed by atoms with Gasteiger partial charge in [0.25, 0.3) is 0 Å². The molecule has 1 amide bonds. The van der Waals surface area contributed by atoms with Crippen molar-refractivity contribution in [2.24, 2.45) is 5.92 Å². The van der Waals surface area contributed by atoms with Gasteiger partial charge in [0, 0.05) is 25.1 Å². The Bertz CT molecular complexity index is 382. The van der Waals surface area contributed by atoms with E-state index in [0.29, 0.717) is 6.04 Å². The molecule has 94 valence electrons. The first kappa shape index (κ1) is 12.1. The van der Waals surface area contributed by atoms with Crippen molar-refractivity contribution in [2.45, 2.75) is 45.6 Å². The molecule has 0 spiro atoms. The van der Waals surface area contributed by atoms with Gasteiger partial charge in [0.1, 0.15) is 0 Å². The van der Waals surface area contributed by atoms with Crippen LogP contribution in [0.4, 0.5) is 0 Å². The van der Waals surface area contributed by atoms with Crippen LogP contribution in [0.1, 0.15) is 44.8 Å². The second kappa shape index (κ2) is 5.34. The number of carbonyl (C=O) groups excluding carboxylic acids is 1. The summed E-state index contributed by atoms with van der Waals surface area (Å²) in [6.07, 6.45) is 5.96. The predicted octanol–water partition coefficient (Wildman–Crippen LogP) is 1.92. The Morgan fingerprint density at radius 3 is 2.88 bits per heavy atom. The van der Waals surface area contributed by atoms with Crippen LogP contribution in [0.25, 0.3) is 0 Å². The van der Waals surface area contributed by atoms with Gasteiger partial charge in [-0.3, -0.25) is 9.48 Å². The van der Waals surface area contributed by atoms with Crippen molar-refractivity contribution in [3.8, 4) is 0 Å². The second-order valence-electron chi connectivity index (χ2n) is 4.74. The van der Waals surface area contributed by atoms with Crippen molar-refractivity contribution < 1.29 is 4.79 Å². The van der Waals surface area contributed by atoms with Gasteiger partial charge >= 0.3 is 0 Å². The van der Waals surface area contributed by atoms with Crippen LogP contribution in [0, 0.1) is 5.92 Å². The van der Waals surface area contributed by atoms with E-state index in [1.807, 2.05) is 16.9 Å². The number of nitrogens with zero attached hydrogens (tertiary/aromatic N) is 2. The number of aromatic nitrogens is 2. The van der Waals surface area contributed by atoms with E-state index in [1.165, 1.54) is 0 Å². The Labute approximate surface area is 102 Å². The summed E-state index contributed by atoms with van der Waals surface area (Å²) < 4.78 is 2.04. The molecule has 17 heavy (non-hydrogen) atoms. The van der Waals surface area contributed by atoms with E-state index in [2.05, 4.69) is 24.3 Å². The zero-order chi connectivity index (χ0) is 12.3. The Hall–Kier alpha value is -1.32. The van der Waals surface area contributed by atoms with Crippen molar-refractivity contribution in [1.29, 1.82) is 0 Å². The average Bonchev–Trinajstić information content (AvgIpc) is 2.92. The van der Waals surface area contributed by atoms with E-state index in [4.69, 9.17) is 0 Å². The molecule has 1 fully saturated rings. The first-order chi connectivity index (χ1) is 8.24. The number of amides is 1. The van der Waals surface area contributed by atoms with E-state index < -0.39 is 0 Å². The summed E-state index contributed by atoms with van der Waals surface area (Å²) in [4.78, 5) is 11.5. The molecule has 1 saturated heterocycles. The van der Waals surface area contributed by atoms with Crippen molar-refractivity contribution in [3.63, 3.8) is 0 Å². The first-order valence-electron chi connectivity index (χ1n) is 6.56. The third kappa shape index (κ3) is 2.68. The zero-order valence-electron chi connectivity index (χ0n) is 10.6. The standard InChI is InChI=1S/C13H21N3O/c1-3-12(4-2)16-8-6-11(15-16)9-10-5-7-14-13(10)17/h6,8,10,12H,3-5,7,9H2,1-2H3,(H,14,17). The smallest absolute Gasteiger partial charge is 0.223 e. The molecule has 1 aliphatic rings. The Morgan fingerprint density at radius 2 is 2.29 bits per heavy atom. The summed E-state index contributed by atoms with van der Waals surface area (Å²) >= 11 is 0. The van der Waals surface area contributed by atoms with Gasteiger partial charge in [-0.25, -0.2) is 0 Å². The second-order valence-corrected chi connectivity index (χ2v) is 4.74. The minimum absolute atomic E-state index is 0.125. The number of nitrogens with one attached hydrogen (secondary N) is 1. The SMILES string of the molecule is CCC(CC)n1ccc(CC2CCNC2=O)n1. The van der Waals surface area contributed by atoms with Gasteiger partial charge in [-0.1, -0.05) is 13.8 Å². The largest absolute Gasteiger partial charge is 0.356 e. The summed E-state index contributed by atoms with van der Waals surface area (Å²) in [5.74, 6) is 0.308. The van der Waals surface area contributed by atoms with Gasteiger partial charge in [0.05, 0.1) is 11.7 Å². The van der Waals surface area contributed by atoms with Crippen LogP contribution in [0.3, 0.4) is 0 Å². The minimum atomic E-state index is 0.125. The maximum absolute atomic E-state index is 11.5. The molecule has 0 aromatic carbocycles. The summed E-state index contributed by atoms with van der Waals surface area (Å²) in [5, 5.41) is 7.46. The molecule has 0 bridgehead atoms. The van der Waals surface area contributed by atoms with Gasteiger partial charge in [-0.15, -0.1) is 0 Å². The topological polar surface area (TPSA) is 46.9 Å². The number of hydrogen-bond acceptors (Lipinski definition) is 2. The number of carbonyl (C=O) groups is 1. The van der Waals surface area contributed by atoms with Crippen LogP contribution >= 0.6 is 0 Å². The van der Waals surface area contributed by atoms with Crippen LogP contribution in [-0.2, 0) is 11.2 Å². The predicted molar refractivity (Wildman–Crippen MR) is 66.7 cm³/mol. The Kier molecular flexibility index (Phi) is 3.82. The minimum Gasteiger partial charge on any atom is -0.356 e. The van der Waals surface area contributed by atoms with E-state index in [0.717, 1.165) is 37.9 Å². The molecule has 0 radical (unpaired) electrons. The van der Waals surface area contributed by atoms with E-state index in [-0.39, 0.29) is 11.8 Å². The molecule has 0 saturated carbocycles. The molecule has 1 N–H and O–H groups in total. The van der Waals surface area contributed by atoms with Gasteiger partial charge in [-0.05, 0) is 25.3 Å². The molecular formula is C13H21N3O. The third-order valence-electron chi connectivity index (χ3n) is 3.60. The van der Waals surface area contributed by atoms with Crippen LogP contribution < -0.4 is 5.32 Å². The lowest BCUT2D eigenvalue weighted by atomic mass is 10.0. The quantitative estimate of drug-likeness (QED) is 0.847. The molecular weight excluding hydrogens is 214 g/mol. The lowest BCUT2D eigenvalue weighted by molar-refractivity contribution is -0.122. The van der Waals surface area contributed by atoms with Crippen LogP contribution in [0.2, 0.25) is 0 Å². The monoisotopic (exact) mass is 235 g/mol. The summed E-state index contributed by atoms with van der Waals surface area (Å²) in [6.45, 7) is 5.18. The van der Waals surface area contributed by atoms with Crippen molar-refractivity contribution in [3.05, 3.63) is 18.0 Å². The maximum Gasteiger partial charge on any atom is 0.223 e. The molecule has 1 aromatic heterocycles. The average molecular weight is 235 g/mol. The van der Waals surface area contributed by atoms with Crippen LogP contribution in [0.5, 0.6) is 0 Å². The highest BCUT2D eigenvalue weighted by atomic mass is 16.2. The Balaban J connectivity index is 2.00. The molecule has 4 heteroatoms. The normalized spacial score (nSPS) is 19.9. The van der Waals surface area contributed by atoms with Gasteiger partial charge < -0.3 is 5.32 Å². The molecule has 0 aliphatic carbocycles. The molecule has 2 rings (SSSR count). The van der Waals surface area contributed by atoms with Crippen molar-refractivity contribution in [1.82, 2.24) is 15.1 Å². The highest BCUT2D eigenvalue weighted by Gasteiger charge is 2.25. The lowest BCUT2D eigenvalue weighted by Crippen LogP contribution is -2.20. The summed E-state index contributed by atoms with van der Waals surface area (Å²) in [6, 6.07) is 2.53. The number of hydrogen-bond donors (Lipinski definition) is 1.